The standard InChI is InChI=1S/C20H16FN5OS2/c1-13-11-28-19(22-13)23-17(27)12-29-20-25-24-18(14-7-9-15(21)10-8-14)26(20)16-5-3-2-4-6-16/h2-11H,12H2,1H3,(H,22,23,27). The smallest absolute Gasteiger partial charge is 0.236 e. The molecule has 6 nitrogen and oxygen atoms in total. The van der Waals surface area contributed by atoms with Gasteiger partial charge in [0.2, 0.25) is 5.91 Å². The maximum absolute atomic E-state index is 13.3. The number of aryl methyl sites for hydroxylation is 1. The summed E-state index contributed by atoms with van der Waals surface area (Å²) in [6.07, 6.45) is 0. The number of halogens is 1. The van der Waals surface area contributed by atoms with Gasteiger partial charge < -0.3 is 5.32 Å². The van der Waals surface area contributed by atoms with Crippen molar-refractivity contribution in [3.63, 3.8) is 0 Å². The average molecular weight is 426 g/mol. The van der Waals surface area contributed by atoms with E-state index < -0.39 is 0 Å². The van der Waals surface area contributed by atoms with Crippen LogP contribution in [0, 0.1) is 12.7 Å². The summed E-state index contributed by atoms with van der Waals surface area (Å²) in [6, 6.07) is 15.7. The zero-order valence-electron chi connectivity index (χ0n) is 15.4. The van der Waals surface area contributed by atoms with Crippen LogP contribution in [0.4, 0.5) is 9.52 Å². The number of hydrogen-bond donors (Lipinski definition) is 1. The van der Waals surface area contributed by atoms with Gasteiger partial charge in [-0.1, -0.05) is 30.0 Å². The third-order valence-corrected chi connectivity index (χ3v) is 5.75. The lowest BCUT2D eigenvalue weighted by molar-refractivity contribution is -0.113. The number of thiazole rings is 1. The summed E-state index contributed by atoms with van der Waals surface area (Å²) in [4.78, 5) is 16.5. The Balaban J connectivity index is 1.59. The molecule has 0 saturated carbocycles. The minimum Gasteiger partial charge on any atom is -0.301 e. The molecule has 0 aliphatic carbocycles. The highest BCUT2D eigenvalue weighted by Crippen LogP contribution is 2.28. The number of aromatic nitrogens is 4. The molecule has 2 aromatic carbocycles. The zero-order chi connectivity index (χ0) is 20.2. The molecule has 1 N–H and O–H groups in total. The van der Waals surface area contributed by atoms with Gasteiger partial charge in [-0.3, -0.25) is 9.36 Å². The third-order valence-electron chi connectivity index (χ3n) is 3.95. The molecule has 0 saturated heterocycles. The largest absolute Gasteiger partial charge is 0.301 e. The zero-order valence-corrected chi connectivity index (χ0v) is 17.0. The molecule has 0 atom stereocenters. The van der Waals surface area contributed by atoms with Crippen LogP contribution >= 0.6 is 23.1 Å². The second kappa shape index (κ2) is 8.54. The number of anilines is 1. The second-order valence-corrected chi connectivity index (χ2v) is 7.92. The molecular weight excluding hydrogens is 409 g/mol. The molecule has 0 aliphatic heterocycles. The Bertz CT molecular complexity index is 1130. The van der Waals surface area contributed by atoms with Crippen LogP contribution in [0.15, 0.2) is 65.1 Å². The number of carbonyl (C=O) groups is 1. The Morgan fingerprint density at radius 1 is 1.14 bits per heavy atom. The van der Waals surface area contributed by atoms with Crippen LogP contribution < -0.4 is 5.32 Å². The molecule has 0 fully saturated rings. The summed E-state index contributed by atoms with van der Waals surface area (Å²) in [5, 5.41) is 14.4. The number of thioether (sulfide) groups is 1. The van der Waals surface area contributed by atoms with Gasteiger partial charge >= 0.3 is 0 Å². The number of hydrogen-bond acceptors (Lipinski definition) is 6. The molecular formula is C20H16FN5OS2. The molecule has 29 heavy (non-hydrogen) atoms. The highest BCUT2D eigenvalue weighted by atomic mass is 32.2. The van der Waals surface area contributed by atoms with E-state index in [1.807, 2.05) is 47.2 Å². The number of benzene rings is 2. The van der Waals surface area contributed by atoms with E-state index in [-0.39, 0.29) is 17.5 Å². The van der Waals surface area contributed by atoms with Crippen molar-refractivity contribution in [1.82, 2.24) is 19.7 Å². The Hall–Kier alpha value is -3.04. The van der Waals surface area contributed by atoms with Crippen LogP contribution in [0.3, 0.4) is 0 Å². The predicted molar refractivity (Wildman–Crippen MR) is 113 cm³/mol. The van der Waals surface area contributed by atoms with Crippen molar-refractivity contribution < 1.29 is 9.18 Å². The predicted octanol–water partition coefficient (Wildman–Crippen LogP) is 4.57. The first-order valence-electron chi connectivity index (χ1n) is 8.72. The molecule has 1 amide bonds. The summed E-state index contributed by atoms with van der Waals surface area (Å²) >= 11 is 2.66. The van der Waals surface area contributed by atoms with Crippen LogP contribution in [0.2, 0.25) is 0 Å². The number of rotatable bonds is 6. The van der Waals surface area contributed by atoms with E-state index in [0.29, 0.717) is 16.1 Å². The molecule has 146 valence electrons. The molecule has 2 heterocycles. The summed E-state index contributed by atoms with van der Waals surface area (Å²) in [6.45, 7) is 1.88. The van der Waals surface area contributed by atoms with E-state index >= 15 is 0 Å². The van der Waals surface area contributed by atoms with Gasteiger partial charge in [0.25, 0.3) is 0 Å². The fourth-order valence-electron chi connectivity index (χ4n) is 2.66. The van der Waals surface area contributed by atoms with Gasteiger partial charge in [-0.2, -0.15) is 0 Å². The van der Waals surface area contributed by atoms with Gasteiger partial charge in [0.1, 0.15) is 5.82 Å². The van der Waals surface area contributed by atoms with E-state index in [9.17, 15) is 9.18 Å². The SMILES string of the molecule is Cc1csc(NC(=O)CSc2nnc(-c3ccc(F)cc3)n2-c2ccccc2)n1. The molecule has 2 aromatic heterocycles. The van der Waals surface area contributed by atoms with Gasteiger partial charge in [0, 0.05) is 16.6 Å². The molecule has 4 aromatic rings. The number of nitrogens with one attached hydrogen (secondary N) is 1. The van der Waals surface area contributed by atoms with Crippen LogP contribution in [0.1, 0.15) is 5.69 Å². The summed E-state index contributed by atoms with van der Waals surface area (Å²) in [7, 11) is 0. The lowest BCUT2D eigenvalue weighted by Crippen LogP contribution is -2.14. The number of para-hydroxylation sites is 1. The first-order chi connectivity index (χ1) is 14.1. The van der Waals surface area contributed by atoms with Gasteiger partial charge in [-0.05, 0) is 43.3 Å². The van der Waals surface area contributed by atoms with Gasteiger partial charge in [-0.15, -0.1) is 21.5 Å². The van der Waals surface area contributed by atoms with Crippen molar-refractivity contribution in [2.24, 2.45) is 0 Å². The van der Waals surface area contributed by atoms with Crippen molar-refractivity contribution in [3.05, 3.63) is 71.5 Å². The van der Waals surface area contributed by atoms with Crippen molar-refractivity contribution in [1.29, 1.82) is 0 Å². The van der Waals surface area contributed by atoms with Crippen LogP contribution in [0.5, 0.6) is 0 Å². The van der Waals surface area contributed by atoms with E-state index in [0.717, 1.165) is 16.9 Å². The van der Waals surface area contributed by atoms with E-state index in [1.165, 1.54) is 35.2 Å². The summed E-state index contributed by atoms with van der Waals surface area (Å²) < 4.78 is 15.2. The van der Waals surface area contributed by atoms with Crippen LogP contribution in [-0.4, -0.2) is 31.4 Å². The third kappa shape index (κ3) is 4.52. The minimum absolute atomic E-state index is 0.160. The minimum atomic E-state index is -0.316. The van der Waals surface area contributed by atoms with Gasteiger partial charge in [0.05, 0.1) is 11.4 Å². The van der Waals surface area contributed by atoms with E-state index in [4.69, 9.17) is 0 Å². The molecule has 9 heteroatoms. The monoisotopic (exact) mass is 425 g/mol. The molecule has 0 aliphatic rings. The van der Waals surface area contributed by atoms with Gasteiger partial charge in [0.15, 0.2) is 16.1 Å². The highest BCUT2D eigenvalue weighted by Gasteiger charge is 2.17. The van der Waals surface area contributed by atoms with E-state index in [1.54, 1.807) is 12.1 Å². The molecule has 0 spiro atoms. The maximum Gasteiger partial charge on any atom is 0.236 e. The quantitative estimate of drug-likeness (QED) is 0.458. The molecule has 4 rings (SSSR count). The van der Waals surface area contributed by atoms with Crippen molar-refractivity contribution in [3.8, 4) is 17.1 Å². The fourth-order valence-corrected chi connectivity index (χ4v) is 4.11. The van der Waals surface area contributed by atoms with Crippen LogP contribution in [-0.2, 0) is 4.79 Å². The summed E-state index contributed by atoms with van der Waals surface area (Å²) in [5.74, 6) is 0.251. The summed E-state index contributed by atoms with van der Waals surface area (Å²) in [5.41, 5.74) is 2.46. The molecule has 0 bridgehead atoms. The van der Waals surface area contributed by atoms with Crippen molar-refractivity contribution in [2.45, 2.75) is 12.1 Å². The fraction of sp³-hybridized carbons (Fsp3) is 0.100. The average Bonchev–Trinajstić information content (AvgIpc) is 3.33. The second-order valence-electron chi connectivity index (χ2n) is 6.11. The molecule has 0 unspecified atom stereocenters. The van der Waals surface area contributed by atoms with Crippen molar-refractivity contribution >= 4 is 34.1 Å². The lowest BCUT2D eigenvalue weighted by Gasteiger charge is -2.10. The Kier molecular flexibility index (Phi) is 5.68. The highest BCUT2D eigenvalue weighted by molar-refractivity contribution is 7.99. The Labute approximate surface area is 174 Å². The molecule has 0 radical (unpaired) electrons. The van der Waals surface area contributed by atoms with Crippen molar-refractivity contribution in [2.75, 3.05) is 11.1 Å². The first-order valence-corrected chi connectivity index (χ1v) is 10.6. The Morgan fingerprint density at radius 2 is 1.90 bits per heavy atom. The maximum atomic E-state index is 13.3. The number of nitrogens with zero attached hydrogens (tertiary/aromatic N) is 4. The van der Waals surface area contributed by atoms with Crippen LogP contribution in [0.25, 0.3) is 17.1 Å². The van der Waals surface area contributed by atoms with Gasteiger partial charge in [-0.25, -0.2) is 9.37 Å². The normalized spacial score (nSPS) is 10.8. The van der Waals surface area contributed by atoms with E-state index in [2.05, 4.69) is 20.5 Å². The lowest BCUT2D eigenvalue weighted by atomic mass is 10.2. The number of carbonyl (C=O) groups excluding carboxylic acids is 1. The topological polar surface area (TPSA) is 72.7 Å². The Morgan fingerprint density at radius 3 is 2.59 bits per heavy atom. The first kappa shape index (κ1) is 19.3. The number of amides is 1.